The van der Waals surface area contributed by atoms with Gasteiger partial charge in [-0.3, -0.25) is 4.79 Å². The molecular weight excluding hydrogens is 281 g/mol. The Balaban J connectivity index is 2.23. The molecule has 5 heteroatoms. The fourth-order valence-electron chi connectivity index (χ4n) is 1.60. The molecule has 0 fully saturated rings. The van der Waals surface area contributed by atoms with Crippen LogP contribution in [0.1, 0.15) is 10.4 Å². The standard InChI is InChI=1S/C14H12FNOS2/c1-19-13-5-3-2-4-11(13)16-14(17)9-6-7-10(15)12(18)8-9/h2-8,18H,1H3,(H,16,17). The molecule has 2 aromatic carbocycles. The van der Waals surface area contributed by atoms with Crippen molar-refractivity contribution in [1.29, 1.82) is 0 Å². The van der Waals surface area contributed by atoms with Gasteiger partial charge < -0.3 is 5.32 Å². The summed E-state index contributed by atoms with van der Waals surface area (Å²) in [6, 6.07) is 11.6. The molecule has 0 saturated carbocycles. The molecule has 2 aromatic rings. The minimum Gasteiger partial charge on any atom is -0.321 e. The lowest BCUT2D eigenvalue weighted by Crippen LogP contribution is -2.12. The first kappa shape index (κ1) is 14.0. The van der Waals surface area contributed by atoms with Gasteiger partial charge in [0.2, 0.25) is 0 Å². The summed E-state index contributed by atoms with van der Waals surface area (Å²) in [6.07, 6.45) is 1.94. The van der Waals surface area contributed by atoms with Gasteiger partial charge in [-0.05, 0) is 36.6 Å². The molecule has 0 radical (unpaired) electrons. The first-order valence-corrected chi connectivity index (χ1v) is 7.22. The Morgan fingerprint density at radius 1 is 1.26 bits per heavy atom. The molecule has 2 rings (SSSR count). The lowest BCUT2D eigenvalue weighted by Gasteiger charge is -2.09. The Kier molecular flexibility index (Phi) is 4.50. The molecule has 0 aliphatic heterocycles. The molecule has 0 spiro atoms. The maximum absolute atomic E-state index is 13.1. The second-order valence-corrected chi connectivity index (χ2v) is 5.15. The summed E-state index contributed by atoms with van der Waals surface area (Å²) in [5.74, 6) is -0.721. The van der Waals surface area contributed by atoms with Crippen molar-refractivity contribution in [2.45, 2.75) is 9.79 Å². The van der Waals surface area contributed by atoms with Gasteiger partial charge in [-0.15, -0.1) is 24.4 Å². The van der Waals surface area contributed by atoms with Crippen molar-refractivity contribution in [3.05, 3.63) is 53.8 Å². The Bertz CT molecular complexity index is 616. The van der Waals surface area contributed by atoms with Gasteiger partial charge in [-0.25, -0.2) is 4.39 Å². The van der Waals surface area contributed by atoms with E-state index in [0.717, 1.165) is 10.6 Å². The number of thioether (sulfide) groups is 1. The third-order valence-electron chi connectivity index (χ3n) is 2.56. The molecule has 0 bridgehead atoms. The van der Waals surface area contributed by atoms with E-state index in [-0.39, 0.29) is 10.8 Å². The highest BCUT2D eigenvalue weighted by Gasteiger charge is 2.10. The fourth-order valence-corrected chi connectivity index (χ4v) is 2.36. The molecule has 0 atom stereocenters. The average Bonchev–Trinajstić information content (AvgIpc) is 2.42. The number of carbonyl (C=O) groups is 1. The molecule has 98 valence electrons. The molecule has 0 aliphatic carbocycles. The van der Waals surface area contributed by atoms with Crippen molar-refractivity contribution < 1.29 is 9.18 Å². The lowest BCUT2D eigenvalue weighted by molar-refractivity contribution is 0.102. The molecule has 0 saturated heterocycles. The van der Waals surface area contributed by atoms with Gasteiger partial charge in [0.1, 0.15) is 5.82 Å². The number of hydrogen-bond acceptors (Lipinski definition) is 3. The number of thiol groups is 1. The van der Waals surface area contributed by atoms with E-state index in [1.54, 1.807) is 11.8 Å². The number of carbonyl (C=O) groups excluding carboxylic acids is 1. The van der Waals surface area contributed by atoms with Crippen LogP contribution in [-0.2, 0) is 0 Å². The first-order chi connectivity index (χ1) is 9.11. The summed E-state index contributed by atoms with van der Waals surface area (Å²) in [4.78, 5) is 13.2. The van der Waals surface area contributed by atoms with E-state index in [0.29, 0.717) is 5.56 Å². The highest BCUT2D eigenvalue weighted by Crippen LogP contribution is 2.25. The highest BCUT2D eigenvalue weighted by molar-refractivity contribution is 7.98. The third kappa shape index (κ3) is 3.30. The minimum absolute atomic E-state index is 0.158. The summed E-state index contributed by atoms with van der Waals surface area (Å²) in [5, 5.41) is 2.81. The van der Waals surface area contributed by atoms with Crippen LogP contribution < -0.4 is 5.32 Å². The Morgan fingerprint density at radius 3 is 2.68 bits per heavy atom. The maximum atomic E-state index is 13.1. The largest absolute Gasteiger partial charge is 0.321 e. The van der Waals surface area contributed by atoms with E-state index < -0.39 is 5.82 Å². The van der Waals surface area contributed by atoms with E-state index >= 15 is 0 Å². The first-order valence-electron chi connectivity index (χ1n) is 5.54. The number of anilines is 1. The number of amides is 1. The Labute approximate surface area is 120 Å². The number of halogens is 1. The van der Waals surface area contributed by atoms with Crippen molar-refractivity contribution in [2.75, 3.05) is 11.6 Å². The zero-order valence-corrected chi connectivity index (χ0v) is 11.9. The van der Waals surface area contributed by atoms with Crippen LogP contribution in [0, 0.1) is 5.82 Å². The quantitative estimate of drug-likeness (QED) is 0.659. The van der Waals surface area contributed by atoms with Gasteiger partial charge in [0.25, 0.3) is 5.91 Å². The molecule has 0 aliphatic rings. The zero-order chi connectivity index (χ0) is 13.8. The van der Waals surface area contributed by atoms with Gasteiger partial charge in [0.05, 0.1) is 5.69 Å². The molecule has 19 heavy (non-hydrogen) atoms. The van der Waals surface area contributed by atoms with Crippen molar-refractivity contribution in [2.24, 2.45) is 0 Å². The summed E-state index contributed by atoms with van der Waals surface area (Å²) >= 11 is 5.52. The lowest BCUT2D eigenvalue weighted by atomic mass is 10.2. The van der Waals surface area contributed by atoms with Gasteiger partial charge in [-0.1, -0.05) is 12.1 Å². The number of hydrogen-bond donors (Lipinski definition) is 2. The average molecular weight is 293 g/mol. The second kappa shape index (κ2) is 6.12. The highest BCUT2D eigenvalue weighted by atomic mass is 32.2. The molecule has 1 N–H and O–H groups in total. The van der Waals surface area contributed by atoms with E-state index in [9.17, 15) is 9.18 Å². The molecular formula is C14H12FNOS2. The van der Waals surface area contributed by atoms with E-state index in [4.69, 9.17) is 0 Å². The summed E-state index contributed by atoms with van der Waals surface area (Å²) in [6.45, 7) is 0. The van der Waals surface area contributed by atoms with Crippen LogP contribution in [0.25, 0.3) is 0 Å². The number of nitrogens with one attached hydrogen (secondary N) is 1. The molecule has 2 nitrogen and oxygen atoms in total. The summed E-state index contributed by atoms with van der Waals surface area (Å²) < 4.78 is 13.1. The minimum atomic E-state index is -0.440. The van der Waals surface area contributed by atoms with Crippen LogP contribution in [0.5, 0.6) is 0 Å². The van der Waals surface area contributed by atoms with Crippen molar-refractivity contribution in [3.8, 4) is 0 Å². The van der Waals surface area contributed by atoms with Crippen molar-refractivity contribution in [1.82, 2.24) is 0 Å². The molecule has 0 heterocycles. The van der Waals surface area contributed by atoms with Crippen LogP contribution >= 0.6 is 24.4 Å². The fraction of sp³-hybridized carbons (Fsp3) is 0.0714. The number of rotatable bonds is 3. The third-order valence-corrected chi connectivity index (χ3v) is 3.70. The number of benzene rings is 2. The topological polar surface area (TPSA) is 29.1 Å². The normalized spacial score (nSPS) is 10.3. The zero-order valence-electron chi connectivity index (χ0n) is 10.2. The maximum Gasteiger partial charge on any atom is 0.255 e. The van der Waals surface area contributed by atoms with Crippen LogP contribution in [0.15, 0.2) is 52.3 Å². The predicted molar refractivity (Wildman–Crippen MR) is 79.8 cm³/mol. The second-order valence-electron chi connectivity index (χ2n) is 3.82. The van der Waals surface area contributed by atoms with Crippen molar-refractivity contribution >= 4 is 36.0 Å². The number of para-hydroxylation sites is 1. The van der Waals surface area contributed by atoms with Crippen LogP contribution in [0.3, 0.4) is 0 Å². The van der Waals surface area contributed by atoms with Crippen LogP contribution in [0.2, 0.25) is 0 Å². The SMILES string of the molecule is CSc1ccccc1NC(=O)c1ccc(F)c(S)c1. The monoisotopic (exact) mass is 293 g/mol. The van der Waals surface area contributed by atoms with E-state index in [1.807, 2.05) is 30.5 Å². The van der Waals surface area contributed by atoms with Gasteiger partial charge in [0.15, 0.2) is 0 Å². The summed E-state index contributed by atoms with van der Waals surface area (Å²) in [7, 11) is 0. The summed E-state index contributed by atoms with van der Waals surface area (Å²) in [5.41, 5.74) is 1.12. The van der Waals surface area contributed by atoms with Crippen LogP contribution in [0.4, 0.5) is 10.1 Å². The van der Waals surface area contributed by atoms with E-state index in [1.165, 1.54) is 18.2 Å². The molecule has 0 aromatic heterocycles. The van der Waals surface area contributed by atoms with Crippen LogP contribution in [-0.4, -0.2) is 12.2 Å². The predicted octanol–water partition coefficient (Wildman–Crippen LogP) is 4.09. The van der Waals surface area contributed by atoms with E-state index in [2.05, 4.69) is 17.9 Å². The van der Waals surface area contributed by atoms with Crippen molar-refractivity contribution in [3.63, 3.8) is 0 Å². The smallest absolute Gasteiger partial charge is 0.255 e. The molecule has 1 amide bonds. The Morgan fingerprint density at radius 2 is 2.00 bits per heavy atom. The van der Waals surface area contributed by atoms with Gasteiger partial charge in [0, 0.05) is 15.4 Å². The van der Waals surface area contributed by atoms with Gasteiger partial charge >= 0.3 is 0 Å². The Hall–Kier alpha value is -1.46. The molecule has 0 unspecified atom stereocenters. The van der Waals surface area contributed by atoms with Gasteiger partial charge in [-0.2, -0.15) is 0 Å².